The summed E-state index contributed by atoms with van der Waals surface area (Å²) in [5.74, 6) is 1.06. The Bertz CT molecular complexity index is 1210. The van der Waals surface area contributed by atoms with Gasteiger partial charge < -0.3 is 4.57 Å². The summed E-state index contributed by atoms with van der Waals surface area (Å²) in [6, 6.07) is 17.2. The molecule has 4 aromatic rings. The lowest BCUT2D eigenvalue weighted by atomic mass is 10.0. The highest BCUT2D eigenvalue weighted by atomic mass is 15.1. The zero-order chi connectivity index (χ0) is 20.5. The molecular weight excluding hydrogens is 368 g/mol. The fourth-order valence-corrected chi connectivity index (χ4v) is 4.36. The van der Waals surface area contributed by atoms with Crippen LogP contribution in [0.1, 0.15) is 41.2 Å². The molecule has 0 atom stereocenters. The Kier molecular flexibility index (Phi) is 4.83. The van der Waals surface area contributed by atoms with Crippen molar-refractivity contribution in [3.05, 3.63) is 89.4 Å². The lowest BCUT2D eigenvalue weighted by Gasteiger charge is -2.16. The number of aryl methyl sites for hydroxylation is 2. The van der Waals surface area contributed by atoms with Crippen LogP contribution in [0.2, 0.25) is 0 Å². The minimum atomic E-state index is 1.05. The molecule has 0 saturated heterocycles. The summed E-state index contributed by atoms with van der Waals surface area (Å²) in [6.07, 6.45) is 12.0. The van der Waals surface area contributed by atoms with E-state index in [9.17, 15) is 0 Å². The number of aromatic amines is 1. The van der Waals surface area contributed by atoms with Crippen LogP contribution in [0.3, 0.4) is 0 Å². The number of nitrogens with one attached hydrogen (secondary N) is 1. The Morgan fingerprint density at radius 1 is 1.03 bits per heavy atom. The van der Waals surface area contributed by atoms with E-state index < -0.39 is 0 Å². The number of nitrogens with zero attached hydrogens (tertiary/aromatic N) is 3. The Morgan fingerprint density at radius 2 is 1.90 bits per heavy atom. The van der Waals surface area contributed by atoms with Gasteiger partial charge in [0.2, 0.25) is 6.33 Å². The highest BCUT2D eigenvalue weighted by molar-refractivity contribution is 5.71. The van der Waals surface area contributed by atoms with E-state index in [2.05, 4.69) is 94.8 Å². The van der Waals surface area contributed by atoms with Gasteiger partial charge in [-0.05, 0) is 55.5 Å². The second-order valence-electron chi connectivity index (χ2n) is 8.11. The van der Waals surface area contributed by atoms with E-state index in [1.807, 2.05) is 6.33 Å². The van der Waals surface area contributed by atoms with Crippen molar-refractivity contribution >= 4 is 12.2 Å². The smallest absolute Gasteiger partial charge is 0.246 e. The van der Waals surface area contributed by atoms with Gasteiger partial charge in [0.25, 0.3) is 0 Å². The minimum absolute atomic E-state index is 1.05. The predicted molar refractivity (Wildman–Crippen MR) is 121 cm³/mol. The molecule has 150 valence electrons. The third-order valence-electron chi connectivity index (χ3n) is 5.88. The highest BCUT2D eigenvalue weighted by Gasteiger charge is 2.19. The number of aromatic nitrogens is 4. The quantitative estimate of drug-likeness (QED) is 0.469. The first kappa shape index (κ1) is 18.6. The zero-order valence-corrected chi connectivity index (χ0v) is 17.6. The van der Waals surface area contributed by atoms with E-state index in [0.717, 1.165) is 30.2 Å². The zero-order valence-electron chi connectivity index (χ0n) is 17.6. The largest absolute Gasteiger partial charge is 0.328 e. The number of benzene rings is 2. The molecule has 4 heteroatoms. The third kappa shape index (κ3) is 3.50. The van der Waals surface area contributed by atoms with Gasteiger partial charge in [0.1, 0.15) is 23.4 Å². The van der Waals surface area contributed by atoms with E-state index in [-0.39, 0.29) is 0 Å². The average molecular weight is 396 g/mol. The summed E-state index contributed by atoms with van der Waals surface area (Å²) in [5.41, 5.74) is 8.51. The van der Waals surface area contributed by atoms with Gasteiger partial charge >= 0.3 is 0 Å². The maximum atomic E-state index is 5.04. The van der Waals surface area contributed by atoms with E-state index in [4.69, 9.17) is 4.98 Å². The van der Waals surface area contributed by atoms with Crippen LogP contribution in [0.5, 0.6) is 0 Å². The molecule has 0 radical (unpaired) electrons. The van der Waals surface area contributed by atoms with E-state index in [1.165, 1.54) is 40.9 Å². The molecule has 1 N–H and O–H groups in total. The summed E-state index contributed by atoms with van der Waals surface area (Å²) >= 11 is 0. The van der Waals surface area contributed by atoms with E-state index >= 15 is 0 Å². The van der Waals surface area contributed by atoms with Gasteiger partial charge in [-0.3, -0.25) is 0 Å². The summed E-state index contributed by atoms with van der Waals surface area (Å²) in [4.78, 5) is 8.27. The minimum Gasteiger partial charge on any atom is -0.328 e. The Hall–Kier alpha value is -3.40. The van der Waals surface area contributed by atoms with Crippen molar-refractivity contribution in [1.29, 1.82) is 0 Å². The van der Waals surface area contributed by atoms with Crippen LogP contribution in [0, 0.1) is 13.8 Å². The van der Waals surface area contributed by atoms with Crippen molar-refractivity contribution < 1.29 is 4.57 Å². The summed E-state index contributed by atoms with van der Waals surface area (Å²) < 4.78 is 4.54. The number of hydrogen-bond acceptors (Lipinski definition) is 1. The first-order chi connectivity index (χ1) is 14.7. The molecule has 0 amide bonds. The molecule has 3 heterocycles. The number of fused-ring (bicyclic) bond motifs is 1. The maximum Gasteiger partial charge on any atom is 0.246 e. The molecule has 2 aromatic carbocycles. The molecule has 5 rings (SSSR count). The summed E-state index contributed by atoms with van der Waals surface area (Å²) in [7, 11) is 0. The first-order valence-electron chi connectivity index (χ1n) is 10.7. The first-order valence-corrected chi connectivity index (χ1v) is 10.7. The molecule has 0 aliphatic carbocycles. The van der Waals surface area contributed by atoms with E-state index in [0.29, 0.717) is 0 Å². The molecule has 0 bridgehead atoms. The number of imidazole rings is 2. The fourth-order valence-electron chi connectivity index (χ4n) is 4.36. The van der Waals surface area contributed by atoms with Crippen molar-refractivity contribution in [2.24, 2.45) is 0 Å². The summed E-state index contributed by atoms with van der Waals surface area (Å²) in [6.45, 7) is 5.28. The standard InChI is InChI=1S/C26H26N4/c1-19-16-21(11-13-23(19)29-17-20(2)27-18-29)12-14-25-28-26(22-8-4-3-5-9-22)24-10-6-7-15-30(24)25/h3-5,8-9,11-14,16-18H,6-7,10,15H2,1-2H3/p+1/b14-12+. The van der Waals surface area contributed by atoms with Crippen LogP contribution in [0.15, 0.2) is 61.1 Å². The van der Waals surface area contributed by atoms with Gasteiger partial charge in [-0.25, -0.2) is 14.5 Å². The Labute approximate surface area is 177 Å². The molecule has 0 saturated carbocycles. The molecule has 30 heavy (non-hydrogen) atoms. The molecule has 1 aliphatic heterocycles. The van der Waals surface area contributed by atoms with Crippen molar-refractivity contribution in [1.82, 2.24) is 14.5 Å². The van der Waals surface area contributed by atoms with Crippen LogP contribution in [0.4, 0.5) is 0 Å². The van der Waals surface area contributed by atoms with Gasteiger partial charge in [-0.15, -0.1) is 0 Å². The van der Waals surface area contributed by atoms with Crippen molar-refractivity contribution in [2.75, 3.05) is 0 Å². The SMILES string of the molecule is Cc1c[n+](-c2ccc(/C=C/c3nc(-c4ccccc4)c4n3CCCC4)cc2C)c[nH]1. The third-order valence-corrected chi connectivity index (χ3v) is 5.88. The van der Waals surface area contributed by atoms with Gasteiger partial charge in [0, 0.05) is 24.7 Å². The van der Waals surface area contributed by atoms with Crippen LogP contribution in [-0.4, -0.2) is 14.5 Å². The number of H-pyrrole nitrogens is 1. The second kappa shape index (κ2) is 7.79. The molecule has 2 aromatic heterocycles. The monoisotopic (exact) mass is 395 g/mol. The van der Waals surface area contributed by atoms with Gasteiger partial charge in [-0.2, -0.15) is 0 Å². The van der Waals surface area contributed by atoms with Crippen LogP contribution in [0.25, 0.3) is 29.1 Å². The lowest BCUT2D eigenvalue weighted by Crippen LogP contribution is -2.28. The molecule has 0 spiro atoms. The van der Waals surface area contributed by atoms with Gasteiger partial charge in [-0.1, -0.05) is 42.5 Å². The van der Waals surface area contributed by atoms with Crippen molar-refractivity contribution in [2.45, 2.75) is 39.7 Å². The Balaban J connectivity index is 1.47. The van der Waals surface area contributed by atoms with Crippen molar-refractivity contribution in [3.63, 3.8) is 0 Å². The van der Waals surface area contributed by atoms with Gasteiger partial charge in [0.15, 0.2) is 0 Å². The molecule has 0 unspecified atom stereocenters. The number of rotatable bonds is 4. The van der Waals surface area contributed by atoms with Gasteiger partial charge in [0.05, 0.1) is 5.69 Å². The molecule has 1 aliphatic rings. The molecule has 0 fully saturated rings. The lowest BCUT2D eigenvalue weighted by molar-refractivity contribution is -0.594. The maximum absolute atomic E-state index is 5.04. The average Bonchev–Trinajstić information content (AvgIpc) is 3.37. The highest BCUT2D eigenvalue weighted by Crippen LogP contribution is 2.29. The fraction of sp³-hybridized carbons (Fsp3) is 0.231. The summed E-state index contributed by atoms with van der Waals surface area (Å²) in [5, 5.41) is 0. The molecular formula is C26H27N4+. The normalized spacial score (nSPS) is 13.7. The van der Waals surface area contributed by atoms with Crippen LogP contribution in [-0.2, 0) is 13.0 Å². The van der Waals surface area contributed by atoms with E-state index in [1.54, 1.807) is 0 Å². The Morgan fingerprint density at radius 3 is 2.67 bits per heavy atom. The van der Waals surface area contributed by atoms with Crippen molar-refractivity contribution in [3.8, 4) is 16.9 Å². The predicted octanol–water partition coefficient (Wildman–Crippen LogP) is 5.28. The topological polar surface area (TPSA) is 37.5 Å². The van der Waals surface area contributed by atoms with Crippen LogP contribution < -0.4 is 4.57 Å². The van der Waals surface area contributed by atoms with Crippen LogP contribution >= 0.6 is 0 Å². The number of hydrogen-bond donors (Lipinski definition) is 1. The second-order valence-corrected chi connectivity index (χ2v) is 8.11. The molecule has 4 nitrogen and oxygen atoms in total.